The van der Waals surface area contributed by atoms with E-state index >= 15 is 0 Å². The molecule has 20 heavy (non-hydrogen) atoms. The summed E-state index contributed by atoms with van der Waals surface area (Å²) < 4.78 is 11.7. The summed E-state index contributed by atoms with van der Waals surface area (Å²) in [6.45, 7) is 5.84. The van der Waals surface area contributed by atoms with Crippen molar-refractivity contribution in [1.82, 2.24) is 0 Å². The number of carbonyl (C=O) groups is 1. The third-order valence-corrected chi connectivity index (χ3v) is 4.01. The monoisotopic (exact) mass is 276 g/mol. The van der Waals surface area contributed by atoms with Crippen molar-refractivity contribution in [3.8, 4) is 11.5 Å². The van der Waals surface area contributed by atoms with E-state index in [1.165, 1.54) is 25.7 Å². The first-order valence-electron chi connectivity index (χ1n) is 7.41. The Morgan fingerprint density at radius 1 is 1.20 bits per heavy atom. The van der Waals surface area contributed by atoms with Gasteiger partial charge in [-0.05, 0) is 51.7 Å². The Kier molecular flexibility index (Phi) is 4.69. The fourth-order valence-corrected chi connectivity index (χ4v) is 2.39. The minimum absolute atomic E-state index is 0.00287. The second-order valence-electron chi connectivity index (χ2n) is 6.08. The van der Waals surface area contributed by atoms with Gasteiger partial charge in [0.1, 0.15) is 0 Å². The van der Waals surface area contributed by atoms with Gasteiger partial charge in [-0.1, -0.05) is 25.0 Å². The Hall–Kier alpha value is -1.51. The molecule has 0 heterocycles. The van der Waals surface area contributed by atoms with Gasteiger partial charge in [-0.2, -0.15) is 0 Å². The van der Waals surface area contributed by atoms with Gasteiger partial charge in [-0.25, -0.2) is 0 Å². The summed E-state index contributed by atoms with van der Waals surface area (Å²) in [4.78, 5) is 11.6. The van der Waals surface area contributed by atoms with Gasteiger partial charge in [0, 0.05) is 0 Å². The van der Waals surface area contributed by atoms with E-state index in [4.69, 9.17) is 9.47 Å². The zero-order valence-corrected chi connectivity index (χ0v) is 12.6. The molecule has 1 saturated carbocycles. The maximum absolute atomic E-state index is 11.6. The number of hydrogen-bond donors (Lipinski definition) is 0. The van der Waals surface area contributed by atoms with Gasteiger partial charge in [0.05, 0.1) is 6.61 Å². The molecule has 3 heteroatoms. The van der Waals surface area contributed by atoms with Crippen molar-refractivity contribution in [1.29, 1.82) is 0 Å². The molecule has 1 aromatic carbocycles. The van der Waals surface area contributed by atoms with E-state index in [2.05, 4.69) is 0 Å². The maximum atomic E-state index is 11.6. The summed E-state index contributed by atoms with van der Waals surface area (Å²) >= 11 is 0. The summed E-state index contributed by atoms with van der Waals surface area (Å²) in [5.74, 6) is 2.03. The van der Waals surface area contributed by atoms with E-state index in [9.17, 15) is 4.79 Å². The SMILES string of the molecule is CC(=O)C(C)(C)Oc1ccccc1OCC1CCCC1. The van der Waals surface area contributed by atoms with Crippen LogP contribution in [0.15, 0.2) is 24.3 Å². The molecule has 110 valence electrons. The van der Waals surface area contributed by atoms with Crippen LogP contribution in [0.1, 0.15) is 46.5 Å². The van der Waals surface area contributed by atoms with Crippen LogP contribution in [-0.4, -0.2) is 18.0 Å². The van der Waals surface area contributed by atoms with Crippen LogP contribution in [-0.2, 0) is 4.79 Å². The van der Waals surface area contributed by atoms with E-state index in [0.29, 0.717) is 11.7 Å². The van der Waals surface area contributed by atoms with Gasteiger partial charge in [-0.15, -0.1) is 0 Å². The van der Waals surface area contributed by atoms with Crippen LogP contribution in [0.2, 0.25) is 0 Å². The second kappa shape index (κ2) is 6.29. The molecule has 1 aliphatic carbocycles. The van der Waals surface area contributed by atoms with Crippen molar-refractivity contribution in [2.24, 2.45) is 5.92 Å². The number of hydrogen-bond acceptors (Lipinski definition) is 3. The summed E-state index contributed by atoms with van der Waals surface area (Å²) in [6, 6.07) is 7.58. The fourth-order valence-electron chi connectivity index (χ4n) is 2.39. The molecule has 1 aromatic rings. The molecule has 0 radical (unpaired) electrons. The highest BCUT2D eigenvalue weighted by Gasteiger charge is 2.27. The normalized spacial score (nSPS) is 16.1. The van der Waals surface area contributed by atoms with Crippen molar-refractivity contribution < 1.29 is 14.3 Å². The van der Waals surface area contributed by atoms with E-state index in [0.717, 1.165) is 12.4 Å². The van der Waals surface area contributed by atoms with Crippen LogP contribution in [0.4, 0.5) is 0 Å². The van der Waals surface area contributed by atoms with Crippen LogP contribution in [0.3, 0.4) is 0 Å². The quantitative estimate of drug-likeness (QED) is 0.787. The summed E-state index contributed by atoms with van der Waals surface area (Å²) in [5, 5.41) is 0. The lowest BCUT2D eigenvalue weighted by molar-refractivity contribution is -0.129. The van der Waals surface area contributed by atoms with E-state index < -0.39 is 5.60 Å². The minimum Gasteiger partial charge on any atom is -0.489 e. The Bertz CT molecular complexity index is 459. The van der Waals surface area contributed by atoms with Crippen LogP contribution < -0.4 is 9.47 Å². The molecule has 3 nitrogen and oxygen atoms in total. The van der Waals surface area contributed by atoms with Crippen LogP contribution in [0.5, 0.6) is 11.5 Å². The number of para-hydroxylation sites is 2. The predicted octanol–water partition coefficient (Wildman–Crippen LogP) is 4.00. The molecule has 0 aromatic heterocycles. The molecule has 0 amide bonds. The average molecular weight is 276 g/mol. The number of ketones is 1. The van der Waals surface area contributed by atoms with Crippen molar-refractivity contribution >= 4 is 5.78 Å². The number of ether oxygens (including phenoxy) is 2. The highest BCUT2D eigenvalue weighted by atomic mass is 16.5. The molecular formula is C17H24O3. The first kappa shape index (κ1) is 14.9. The maximum Gasteiger partial charge on any atom is 0.172 e. The van der Waals surface area contributed by atoms with Gasteiger partial charge in [0.25, 0.3) is 0 Å². The number of carbonyl (C=O) groups excluding carboxylic acids is 1. The van der Waals surface area contributed by atoms with E-state index in [1.807, 2.05) is 24.3 Å². The average Bonchev–Trinajstić information content (AvgIpc) is 2.90. The number of Topliss-reactive ketones (excluding diaryl/α,β-unsaturated/α-hetero) is 1. The minimum atomic E-state index is -0.827. The molecule has 0 atom stereocenters. The van der Waals surface area contributed by atoms with E-state index in [-0.39, 0.29) is 5.78 Å². The van der Waals surface area contributed by atoms with Gasteiger partial charge >= 0.3 is 0 Å². The molecule has 1 aliphatic rings. The first-order valence-corrected chi connectivity index (χ1v) is 7.41. The highest BCUT2D eigenvalue weighted by Crippen LogP contribution is 2.32. The van der Waals surface area contributed by atoms with Crippen LogP contribution >= 0.6 is 0 Å². The Labute approximate surface area is 121 Å². The molecule has 2 rings (SSSR count). The zero-order valence-electron chi connectivity index (χ0n) is 12.6. The molecule has 0 spiro atoms. The van der Waals surface area contributed by atoms with Crippen LogP contribution in [0.25, 0.3) is 0 Å². The van der Waals surface area contributed by atoms with E-state index in [1.54, 1.807) is 20.8 Å². The number of rotatable bonds is 6. The van der Waals surface area contributed by atoms with Crippen molar-refractivity contribution in [2.45, 2.75) is 52.1 Å². The molecule has 0 saturated heterocycles. The lowest BCUT2D eigenvalue weighted by Crippen LogP contribution is -2.36. The zero-order chi connectivity index (χ0) is 14.6. The third kappa shape index (κ3) is 3.75. The highest BCUT2D eigenvalue weighted by molar-refractivity contribution is 5.84. The summed E-state index contributed by atoms with van der Waals surface area (Å²) in [6.07, 6.45) is 5.12. The first-order chi connectivity index (χ1) is 9.49. The van der Waals surface area contributed by atoms with Gasteiger partial charge in [0.15, 0.2) is 22.9 Å². The Morgan fingerprint density at radius 2 is 1.80 bits per heavy atom. The summed E-state index contributed by atoms with van der Waals surface area (Å²) in [7, 11) is 0. The Balaban J connectivity index is 2.03. The largest absolute Gasteiger partial charge is 0.489 e. The smallest absolute Gasteiger partial charge is 0.172 e. The predicted molar refractivity (Wildman–Crippen MR) is 79.3 cm³/mol. The molecular weight excluding hydrogens is 252 g/mol. The second-order valence-corrected chi connectivity index (χ2v) is 6.08. The lowest BCUT2D eigenvalue weighted by Gasteiger charge is -2.25. The molecule has 1 fully saturated rings. The molecule has 0 unspecified atom stereocenters. The lowest BCUT2D eigenvalue weighted by atomic mass is 10.1. The standard InChI is InChI=1S/C17H24O3/c1-13(18)17(2,3)20-16-11-7-6-10-15(16)19-12-14-8-4-5-9-14/h6-7,10-11,14H,4-5,8-9,12H2,1-3H3. The van der Waals surface area contributed by atoms with Gasteiger partial charge in [0.2, 0.25) is 0 Å². The number of benzene rings is 1. The van der Waals surface area contributed by atoms with Crippen molar-refractivity contribution in [3.63, 3.8) is 0 Å². The van der Waals surface area contributed by atoms with Gasteiger partial charge in [-0.3, -0.25) is 4.79 Å². The van der Waals surface area contributed by atoms with Crippen molar-refractivity contribution in [3.05, 3.63) is 24.3 Å². The topological polar surface area (TPSA) is 35.5 Å². The molecule has 0 aliphatic heterocycles. The van der Waals surface area contributed by atoms with Gasteiger partial charge < -0.3 is 9.47 Å². The van der Waals surface area contributed by atoms with Crippen LogP contribution in [0, 0.1) is 5.92 Å². The third-order valence-electron chi connectivity index (χ3n) is 4.01. The summed E-state index contributed by atoms with van der Waals surface area (Å²) in [5.41, 5.74) is -0.827. The molecule has 0 bridgehead atoms. The fraction of sp³-hybridized carbons (Fsp3) is 0.588. The molecule has 0 N–H and O–H groups in total. The Morgan fingerprint density at radius 3 is 2.40 bits per heavy atom. The van der Waals surface area contributed by atoms with Crippen molar-refractivity contribution in [2.75, 3.05) is 6.61 Å².